The second kappa shape index (κ2) is 7.72. The normalized spacial score (nSPS) is 9.68. The molecule has 0 fully saturated rings. The first-order chi connectivity index (χ1) is 9.04. The van der Waals surface area contributed by atoms with E-state index in [4.69, 9.17) is 23.1 Å². The molecule has 0 aliphatic heterocycles. The van der Waals surface area contributed by atoms with E-state index in [1.807, 2.05) is 6.07 Å². The van der Waals surface area contributed by atoms with Gasteiger partial charge in [-0.15, -0.1) is 18.2 Å². The molecule has 1 aromatic carbocycles. The Hall–Kier alpha value is -1.64. The number of carboxylic acids is 1. The number of aliphatic carboxylic acids is 1. The van der Waals surface area contributed by atoms with Gasteiger partial charge in [-0.25, -0.2) is 0 Å². The Bertz CT molecular complexity index is 513. The highest BCUT2D eigenvalue weighted by molar-refractivity contribution is 8.00. The van der Waals surface area contributed by atoms with Crippen molar-refractivity contribution in [3.05, 3.63) is 29.3 Å². The molecule has 1 rings (SSSR count). The first kappa shape index (κ1) is 15.4. The van der Waals surface area contributed by atoms with Gasteiger partial charge in [0.1, 0.15) is 6.54 Å². The van der Waals surface area contributed by atoms with Gasteiger partial charge in [0, 0.05) is 4.90 Å². The molecule has 1 amide bonds. The van der Waals surface area contributed by atoms with Gasteiger partial charge in [-0.05, 0) is 12.1 Å². The van der Waals surface area contributed by atoms with Crippen molar-refractivity contribution in [1.29, 1.82) is 0 Å². The highest BCUT2D eigenvalue weighted by atomic mass is 35.5. The molecule has 4 nitrogen and oxygen atoms in total. The summed E-state index contributed by atoms with van der Waals surface area (Å²) in [6.45, 7) is -0.416. The highest BCUT2D eigenvalue weighted by Crippen LogP contribution is 2.26. The van der Waals surface area contributed by atoms with Crippen LogP contribution in [0.5, 0.6) is 0 Å². The van der Waals surface area contributed by atoms with Crippen LogP contribution in [0.25, 0.3) is 0 Å². The van der Waals surface area contributed by atoms with E-state index in [1.165, 1.54) is 11.8 Å². The third-order valence-corrected chi connectivity index (χ3v) is 3.65. The number of carboxylic acid groups (broad SMARTS) is 1. The van der Waals surface area contributed by atoms with Crippen molar-refractivity contribution in [3.8, 4) is 12.3 Å². The van der Waals surface area contributed by atoms with Gasteiger partial charge in [0.2, 0.25) is 5.91 Å². The van der Waals surface area contributed by atoms with E-state index in [0.29, 0.717) is 5.02 Å². The van der Waals surface area contributed by atoms with E-state index in [1.54, 1.807) is 18.2 Å². The molecule has 6 heteroatoms. The van der Waals surface area contributed by atoms with Crippen LogP contribution in [0.2, 0.25) is 5.02 Å². The van der Waals surface area contributed by atoms with Crippen LogP contribution in [0.4, 0.5) is 0 Å². The maximum atomic E-state index is 11.9. The molecule has 0 atom stereocenters. The summed E-state index contributed by atoms with van der Waals surface area (Å²) in [7, 11) is 0. The van der Waals surface area contributed by atoms with E-state index >= 15 is 0 Å². The Morgan fingerprint density at radius 1 is 1.42 bits per heavy atom. The van der Waals surface area contributed by atoms with Gasteiger partial charge < -0.3 is 10.0 Å². The number of amides is 1. The predicted octanol–water partition coefficient (Wildman–Crippen LogP) is 1.98. The number of halogens is 1. The monoisotopic (exact) mass is 297 g/mol. The van der Waals surface area contributed by atoms with Crippen molar-refractivity contribution in [1.82, 2.24) is 4.90 Å². The summed E-state index contributed by atoms with van der Waals surface area (Å²) in [4.78, 5) is 24.4. The average molecular weight is 298 g/mol. The molecule has 100 valence electrons. The summed E-state index contributed by atoms with van der Waals surface area (Å²) in [6, 6.07) is 7.13. The lowest BCUT2D eigenvalue weighted by Crippen LogP contribution is -2.37. The van der Waals surface area contributed by atoms with Crippen LogP contribution in [0.15, 0.2) is 29.2 Å². The van der Waals surface area contributed by atoms with Gasteiger partial charge in [0.25, 0.3) is 0 Å². The van der Waals surface area contributed by atoms with Gasteiger partial charge in [0.15, 0.2) is 0 Å². The third-order valence-electron chi connectivity index (χ3n) is 2.15. The quantitative estimate of drug-likeness (QED) is 0.644. The van der Waals surface area contributed by atoms with Crippen LogP contribution < -0.4 is 0 Å². The van der Waals surface area contributed by atoms with Gasteiger partial charge in [0.05, 0.1) is 17.3 Å². The largest absolute Gasteiger partial charge is 0.480 e. The molecule has 0 saturated heterocycles. The SMILES string of the molecule is C#CCN(CC(=O)O)C(=O)CSc1ccccc1Cl. The van der Waals surface area contributed by atoms with Crippen molar-refractivity contribution >= 4 is 35.2 Å². The molecule has 0 bridgehead atoms. The van der Waals surface area contributed by atoms with Crippen molar-refractivity contribution < 1.29 is 14.7 Å². The Kier molecular flexibility index (Phi) is 6.26. The number of carbonyl (C=O) groups is 2. The first-order valence-electron chi connectivity index (χ1n) is 5.35. The van der Waals surface area contributed by atoms with Crippen molar-refractivity contribution in [2.24, 2.45) is 0 Å². The molecule has 19 heavy (non-hydrogen) atoms. The number of carbonyl (C=O) groups excluding carboxylic acids is 1. The summed E-state index contributed by atoms with van der Waals surface area (Å²) in [5.41, 5.74) is 0. The minimum atomic E-state index is -1.09. The van der Waals surface area contributed by atoms with E-state index in [-0.39, 0.29) is 18.2 Å². The Morgan fingerprint density at radius 3 is 2.68 bits per heavy atom. The second-order valence-corrected chi connectivity index (χ2v) is 4.99. The fourth-order valence-corrected chi connectivity index (χ4v) is 2.44. The molecule has 0 aliphatic carbocycles. The fourth-order valence-electron chi connectivity index (χ4n) is 1.30. The molecule has 0 aromatic heterocycles. The predicted molar refractivity (Wildman–Crippen MR) is 75.2 cm³/mol. The van der Waals surface area contributed by atoms with Crippen LogP contribution in [-0.2, 0) is 9.59 Å². The Labute approximate surface area is 120 Å². The zero-order valence-corrected chi connectivity index (χ0v) is 11.6. The minimum Gasteiger partial charge on any atom is -0.480 e. The summed E-state index contributed by atoms with van der Waals surface area (Å²) < 4.78 is 0. The van der Waals surface area contributed by atoms with Crippen molar-refractivity contribution in [2.45, 2.75) is 4.90 Å². The Morgan fingerprint density at radius 2 is 2.11 bits per heavy atom. The van der Waals surface area contributed by atoms with Gasteiger partial charge >= 0.3 is 5.97 Å². The summed E-state index contributed by atoms with van der Waals surface area (Å²) in [6.07, 6.45) is 5.11. The lowest BCUT2D eigenvalue weighted by atomic mass is 10.4. The minimum absolute atomic E-state index is 0.0196. The molecule has 1 aromatic rings. The van der Waals surface area contributed by atoms with Gasteiger partial charge in [-0.1, -0.05) is 29.7 Å². The Balaban J connectivity index is 2.60. The topological polar surface area (TPSA) is 57.6 Å². The number of thioether (sulfide) groups is 1. The number of benzene rings is 1. The summed E-state index contributed by atoms with van der Waals surface area (Å²) >= 11 is 7.21. The van der Waals surface area contributed by atoms with Crippen molar-refractivity contribution in [3.63, 3.8) is 0 Å². The van der Waals surface area contributed by atoms with E-state index in [0.717, 1.165) is 9.80 Å². The molecule has 0 unspecified atom stereocenters. The van der Waals surface area contributed by atoms with E-state index in [9.17, 15) is 9.59 Å². The maximum Gasteiger partial charge on any atom is 0.323 e. The number of hydrogen-bond donors (Lipinski definition) is 1. The summed E-state index contributed by atoms with van der Waals surface area (Å²) in [5.74, 6) is 0.946. The smallest absolute Gasteiger partial charge is 0.323 e. The molecule has 0 spiro atoms. The molecule has 0 heterocycles. The molecule has 0 aliphatic rings. The lowest BCUT2D eigenvalue weighted by Gasteiger charge is -2.17. The van der Waals surface area contributed by atoms with Crippen LogP contribution in [0.3, 0.4) is 0 Å². The zero-order valence-electron chi connectivity index (χ0n) is 10.0. The van der Waals surface area contributed by atoms with Gasteiger partial charge in [-0.3, -0.25) is 9.59 Å². The molecule has 0 radical (unpaired) electrons. The second-order valence-electron chi connectivity index (χ2n) is 3.57. The standard InChI is InChI=1S/C13H12ClNO3S/c1-2-7-15(8-13(17)18)12(16)9-19-11-6-4-3-5-10(11)14/h1,3-6H,7-9H2,(H,17,18). The number of hydrogen-bond acceptors (Lipinski definition) is 3. The van der Waals surface area contributed by atoms with Crippen LogP contribution >= 0.6 is 23.4 Å². The fraction of sp³-hybridized carbons (Fsp3) is 0.231. The average Bonchev–Trinajstić information content (AvgIpc) is 2.36. The van der Waals surface area contributed by atoms with E-state index < -0.39 is 12.5 Å². The molecular weight excluding hydrogens is 286 g/mol. The summed E-state index contributed by atoms with van der Waals surface area (Å²) in [5, 5.41) is 9.26. The molecular formula is C13H12ClNO3S. The van der Waals surface area contributed by atoms with Crippen LogP contribution in [0.1, 0.15) is 0 Å². The first-order valence-corrected chi connectivity index (χ1v) is 6.71. The van der Waals surface area contributed by atoms with Gasteiger partial charge in [-0.2, -0.15) is 0 Å². The van der Waals surface area contributed by atoms with Crippen LogP contribution in [-0.4, -0.2) is 40.7 Å². The van der Waals surface area contributed by atoms with Crippen LogP contribution in [0, 0.1) is 12.3 Å². The number of nitrogens with zero attached hydrogens (tertiary/aromatic N) is 1. The number of terminal acetylenes is 1. The molecule has 1 N–H and O–H groups in total. The highest BCUT2D eigenvalue weighted by Gasteiger charge is 2.16. The third kappa shape index (κ3) is 5.25. The zero-order chi connectivity index (χ0) is 14.3. The van der Waals surface area contributed by atoms with E-state index in [2.05, 4.69) is 5.92 Å². The lowest BCUT2D eigenvalue weighted by molar-refractivity contribution is -0.143. The van der Waals surface area contributed by atoms with Crippen molar-refractivity contribution in [2.75, 3.05) is 18.8 Å². The molecule has 0 saturated carbocycles. The number of rotatable bonds is 6. The maximum absolute atomic E-state index is 11.9.